The quantitative estimate of drug-likeness (QED) is 0.446. The molecule has 140 valence electrons. The Hall–Kier alpha value is -2.84. The van der Waals surface area contributed by atoms with Crippen LogP contribution in [0.5, 0.6) is 5.88 Å². The van der Waals surface area contributed by atoms with E-state index in [1.165, 1.54) is 12.3 Å². The largest absolute Gasteiger partial charge is 0.475 e. The minimum Gasteiger partial charge on any atom is -0.475 e. The Morgan fingerprint density at radius 1 is 1.08 bits per heavy atom. The maximum absolute atomic E-state index is 12.8. The van der Waals surface area contributed by atoms with Gasteiger partial charge in [-0.3, -0.25) is 9.98 Å². The molecule has 0 aromatic carbocycles. The third kappa shape index (κ3) is 6.23. The molecule has 0 bridgehead atoms. The summed E-state index contributed by atoms with van der Waals surface area (Å²) in [5.41, 5.74) is 0.0616. The van der Waals surface area contributed by atoms with E-state index in [2.05, 4.69) is 25.6 Å². The van der Waals surface area contributed by atoms with Gasteiger partial charge in [-0.1, -0.05) is 6.07 Å². The third-order valence-electron chi connectivity index (χ3n) is 3.33. The Morgan fingerprint density at radius 2 is 1.85 bits per heavy atom. The predicted octanol–water partition coefficient (Wildman–Crippen LogP) is 2.28. The van der Waals surface area contributed by atoms with Crippen LogP contribution in [-0.4, -0.2) is 42.7 Å². The Morgan fingerprint density at radius 3 is 2.54 bits per heavy atom. The molecule has 2 N–H and O–H groups in total. The lowest BCUT2D eigenvalue weighted by atomic mass is 10.2. The lowest BCUT2D eigenvalue weighted by Gasteiger charge is -2.14. The SMILES string of the molecule is CN=C(NCCOc1ncccc1C(F)(F)F)NCCc1ccccn1. The average Bonchev–Trinajstić information content (AvgIpc) is 2.64. The van der Waals surface area contributed by atoms with Gasteiger partial charge in [0.15, 0.2) is 5.96 Å². The van der Waals surface area contributed by atoms with E-state index in [0.29, 0.717) is 12.5 Å². The summed E-state index contributed by atoms with van der Waals surface area (Å²) >= 11 is 0. The van der Waals surface area contributed by atoms with Gasteiger partial charge in [0, 0.05) is 38.1 Å². The second-order valence-electron chi connectivity index (χ2n) is 5.20. The highest BCUT2D eigenvalue weighted by atomic mass is 19.4. The number of alkyl halides is 3. The summed E-state index contributed by atoms with van der Waals surface area (Å²) in [7, 11) is 1.61. The first kappa shape index (κ1) is 19.5. The lowest BCUT2D eigenvalue weighted by molar-refractivity contribution is -0.139. The van der Waals surface area contributed by atoms with Crippen LogP contribution in [0.4, 0.5) is 13.2 Å². The van der Waals surface area contributed by atoms with E-state index in [9.17, 15) is 13.2 Å². The van der Waals surface area contributed by atoms with Gasteiger partial charge in [-0.15, -0.1) is 0 Å². The molecule has 0 aliphatic carbocycles. The fourth-order valence-electron chi connectivity index (χ4n) is 2.11. The van der Waals surface area contributed by atoms with Crippen LogP contribution in [0.1, 0.15) is 11.3 Å². The molecule has 0 aliphatic heterocycles. The summed E-state index contributed by atoms with van der Waals surface area (Å²) in [5, 5.41) is 6.07. The highest BCUT2D eigenvalue weighted by Gasteiger charge is 2.34. The standard InChI is InChI=1S/C17H20F3N5O/c1-21-16(24-10-7-13-5-2-3-8-22-13)25-11-12-26-15-14(17(18,19)20)6-4-9-23-15/h2-6,8-9H,7,10-12H2,1H3,(H2,21,24,25). The first-order valence-electron chi connectivity index (χ1n) is 8.00. The second-order valence-corrected chi connectivity index (χ2v) is 5.20. The molecule has 0 amide bonds. The van der Waals surface area contributed by atoms with Gasteiger partial charge in [-0.2, -0.15) is 13.2 Å². The number of nitrogens with zero attached hydrogens (tertiary/aromatic N) is 3. The van der Waals surface area contributed by atoms with Crippen molar-refractivity contribution in [1.82, 2.24) is 20.6 Å². The molecule has 9 heteroatoms. The van der Waals surface area contributed by atoms with Crippen molar-refractivity contribution in [2.45, 2.75) is 12.6 Å². The highest BCUT2D eigenvalue weighted by Crippen LogP contribution is 2.34. The number of halogens is 3. The maximum Gasteiger partial charge on any atom is 0.421 e. The van der Waals surface area contributed by atoms with E-state index >= 15 is 0 Å². The summed E-state index contributed by atoms with van der Waals surface area (Å²) in [6.45, 7) is 0.911. The van der Waals surface area contributed by atoms with Gasteiger partial charge >= 0.3 is 6.18 Å². The molecular formula is C17H20F3N5O. The van der Waals surface area contributed by atoms with Crippen LogP contribution in [0.3, 0.4) is 0 Å². The number of rotatable bonds is 7. The van der Waals surface area contributed by atoms with Crippen LogP contribution in [0.25, 0.3) is 0 Å². The monoisotopic (exact) mass is 367 g/mol. The Kier molecular flexibility index (Phi) is 7.19. The zero-order chi connectivity index (χ0) is 18.8. The molecule has 2 aromatic rings. The molecule has 0 saturated heterocycles. The zero-order valence-electron chi connectivity index (χ0n) is 14.3. The molecule has 0 aliphatic rings. The van der Waals surface area contributed by atoms with E-state index in [1.54, 1.807) is 13.2 Å². The molecule has 6 nitrogen and oxygen atoms in total. The van der Waals surface area contributed by atoms with Gasteiger partial charge in [0.2, 0.25) is 5.88 Å². The average molecular weight is 367 g/mol. The van der Waals surface area contributed by atoms with Gasteiger partial charge in [-0.25, -0.2) is 4.98 Å². The molecule has 0 unspecified atom stereocenters. The fourth-order valence-corrected chi connectivity index (χ4v) is 2.11. The van der Waals surface area contributed by atoms with Crippen LogP contribution < -0.4 is 15.4 Å². The molecule has 0 spiro atoms. The topological polar surface area (TPSA) is 71.4 Å². The number of pyridine rings is 2. The number of aliphatic imine (C=N–C) groups is 1. The summed E-state index contributed by atoms with van der Waals surface area (Å²) < 4.78 is 43.7. The van der Waals surface area contributed by atoms with E-state index in [1.807, 2.05) is 18.2 Å². The van der Waals surface area contributed by atoms with Crippen molar-refractivity contribution in [2.24, 2.45) is 4.99 Å². The normalized spacial score (nSPS) is 11.9. The van der Waals surface area contributed by atoms with E-state index in [4.69, 9.17) is 4.74 Å². The second kappa shape index (κ2) is 9.59. The maximum atomic E-state index is 12.8. The molecule has 0 atom stereocenters. The van der Waals surface area contributed by atoms with Crippen molar-refractivity contribution in [2.75, 3.05) is 26.7 Å². The van der Waals surface area contributed by atoms with E-state index in [-0.39, 0.29) is 13.2 Å². The smallest absolute Gasteiger partial charge is 0.421 e. The van der Waals surface area contributed by atoms with Gasteiger partial charge < -0.3 is 15.4 Å². The summed E-state index contributed by atoms with van der Waals surface area (Å²) in [6, 6.07) is 7.86. The van der Waals surface area contributed by atoms with Crippen molar-refractivity contribution >= 4 is 5.96 Å². The molecule has 26 heavy (non-hydrogen) atoms. The fraction of sp³-hybridized carbons (Fsp3) is 0.353. The van der Waals surface area contributed by atoms with Crippen molar-refractivity contribution in [3.05, 3.63) is 54.0 Å². The molecule has 2 heterocycles. The number of hydrogen-bond donors (Lipinski definition) is 2. The number of nitrogens with one attached hydrogen (secondary N) is 2. The summed E-state index contributed by atoms with van der Waals surface area (Å²) in [5.74, 6) is 0.0986. The Bertz CT molecular complexity index is 707. The van der Waals surface area contributed by atoms with Crippen molar-refractivity contribution in [3.63, 3.8) is 0 Å². The minimum absolute atomic E-state index is 0.0149. The van der Waals surface area contributed by atoms with Crippen molar-refractivity contribution in [3.8, 4) is 5.88 Å². The molecular weight excluding hydrogens is 347 g/mol. The van der Waals surface area contributed by atoms with Gasteiger partial charge in [0.25, 0.3) is 0 Å². The van der Waals surface area contributed by atoms with Crippen LogP contribution in [-0.2, 0) is 12.6 Å². The Balaban J connectivity index is 1.73. The zero-order valence-corrected chi connectivity index (χ0v) is 14.3. The molecule has 2 rings (SSSR count). The van der Waals surface area contributed by atoms with Crippen LogP contribution in [0.2, 0.25) is 0 Å². The predicted molar refractivity (Wildman–Crippen MR) is 92.0 cm³/mol. The minimum atomic E-state index is -4.50. The summed E-state index contributed by atoms with van der Waals surface area (Å²) in [6.07, 6.45) is -0.788. The first-order valence-corrected chi connectivity index (χ1v) is 8.00. The molecule has 0 radical (unpaired) electrons. The molecule has 0 fully saturated rings. The van der Waals surface area contributed by atoms with Crippen molar-refractivity contribution in [1.29, 1.82) is 0 Å². The van der Waals surface area contributed by atoms with Crippen LogP contribution in [0.15, 0.2) is 47.7 Å². The van der Waals surface area contributed by atoms with Gasteiger partial charge in [0.1, 0.15) is 12.2 Å². The van der Waals surface area contributed by atoms with Crippen LogP contribution in [0, 0.1) is 0 Å². The van der Waals surface area contributed by atoms with Gasteiger partial charge in [-0.05, 0) is 24.3 Å². The number of ether oxygens (including phenoxy) is 1. The molecule has 0 saturated carbocycles. The Labute approximate surface area is 149 Å². The van der Waals surface area contributed by atoms with E-state index in [0.717, 1.165) is 18.2 Å². The van der Waals surface area contributed by atoms with E-state index < -0.39 is 17.6 Å². The lowest BCUT2D eigenvalue weighted by Crippen LogP contribution is -2.40. The summed E-state index contributed by atoms with van der Waals surface area (Å²) in [4.78, 5) is 11.9. The number of hydrogen-bond acceptors (Lipinski definition) is 4. The third-order valence-corrected chi connectivity index (χ3v) is 3.33. The molecule has 2 aromatic heterocycles. The van der Waals surface area contributed by atoms with Crippen LogP contribution >= 0.6 is 0 Å². The highest BCUT2D eigenvalue weighted by molar-refractivity contribution is 5.79. The number of aromatic nitrogens is 2. The van der Waals surface area contributed by atoms with Gasteiger partial charge in [0.05, 0.1) is 6.54 Å². The number of guanidine groups is 1. The van der Waals surface area contributed by atoms with Crippen molar-refractivity contribution < 1.29 is 17.9 Å². The first-order chi connectivity index (χ1) is 12.5.